The van der Waals surface area contributed by atoms with Crippen LogP contribution in [0.3, 0.4) is 0 Å². The van der Waals surface area contributed by atoms with E-state index in [1.54, 1.807) is 17.0 Å². The van der Waals surface area contributed by atoms with Crippen molar-refractivity contribution in [2.75, 3.05) is 31.2 Å². The molecule has 194 valence electrons. The van der Waals surface area contributed by atoms with Crippen molar-refractivity contribution >= 4 is 23.0 Å². The Labute approximate surface area is 215 Å². The number of fused-ring (bicyclic) bond motifs is 2. The van der Waals surface area contributed by atoms with Crippen LogP contribution in [0.1, 0.15) is 24.3 Å². The molecule has 3 aromatic rings. The molecule has 1 aromatic heterocycles. The molecular formula is C25H23F4N5O2S. The maximum absolute atomic E-state index is 15.2. The molecule has 3 aliphatic rings. The van der Waals surface area contributed by atoms with Crippen LogP contribution in [0.25, 0.3) is 11.5 Å². The number of ether oxygens (including phenoxy) is 1. The molecule has 3 fully saturated rings. The van der Waals surface area contributed by atoms with Gasteiger partial charge in [-0.2, -0.15) is 8.78 Å². The standard InChI is InChI=1S/C25H23F4N5O2S/c26-16-3-5-17(6-4-16)33(25(37)34-11-18-8-19(34)10-32(18)20-12-35-13-20)9-15-2-1-14(7-21(15)27)23-30-31-24(36-23)22(28)29/h1-7,18-20,22H,8-13H2. The van der Waals surface area contributed by atoms with Gasteiger partial charge in [0.25, 0.3) is 5.89 Å². The lowest BCUT2D eigenvalue weighted by atomic mass is 10.1. The van der Waals surface area contributed by atoms with Crippen LogP contribution in [0.2, 0.25) is 0 Å². The number of likely N-dealkylation sites (tertiary alicyclic amines) is 2. The van der Waals surface area contributed by atoms with E-state index in [9.17, 15) is 13.2 Å². The fourth-order valence-corrected chi connectivity index (χ4v) is 5.65. The number of benzene rings is 2. The Kier molecular flexibility index (Phi) is 6.33. The van der Waals surface area contributed by atoms with Gasteiger partial charge >= 0.3 is 6.43 Å². The van der Waals surface area contributed by atoms with E-state index in [0.717, 1.165) is 32.7 Å². The lowest BCUT2D eigenvalue weighted by Gasteiger charge is -2.44. The molecule has 0 radical (unpaired) electrons. The Bertz CT molecular complexity index is 1300. The number of aromatic nitrogens is 2. The second-order valence-electron chi connectivity index (χ2n) is 9.48. The molecule has 2 atom stereocenters. The van der Waals surface area contributed by atoms with E-state index in [0.29, 0.717) is 28.4 Å². The molecule has 6 rings (SSSR count). The number of piperazine rings is 1. The Balaban J connectivity index is 1.24. The highest BCUT2D eigenvalue weighted by molar-refractivity contribution is 7.80. The molecule has 3 aliphatic heterocycles. The molecule has 0 N–H and O–H groups in total. The predicted octanol–water partition coefficient (Wildman–Crippen LogP) is 4.40. The quantitative estimate of drug-likeness (QED) is 0.342. The highest BCUT2D eigenvalue weighted by atomic mass is 32.1. The topological polar surface area (TPSA) is 57.9 Å². The van der Waals surface area contributed by atoms with Crippen LogP contribution in [-0.4, -0.2) is 69.5 Å². The van der Waals surface area contributed by atoms with Crippen molar-refractivity contribution in [2.24, 2.45) is 0 Å². The smallest absolute Gasteiger partial charge is 0.314 e. The summed E-state index contributed by atoms with van der Waals surface area (Å²) in [6, 6.07) is 11.2. The highest BCUT2D eigenvalue weighted by Crippen LogP contribution is 2.36. The first-order valence-corrected chi connectivity index (χ1v) is 12.4. The molecule has 0 saturated carbocycles. The van der Waals surface area contributed by atoms with Crippen LogP contribution in [0.15, 0.2) is 46.9 Å². The number of rotatable bonds is 6. The van der Waals surface area contributed by atoms with E-state index < -0.39 is 18.1 Å². The lowest BCUT2D eigenvalue weighted by molar-refractivity contribution is -0.0765. The molecule has 7 nitrogen and oxygen atoms in total. The molecule has 3 saturated heterocycles. The van der Waals surface area contributed by atoms with Crippen LogP contribution in [0.4, 0.5) is 23.2 Å². The molecule has 2 unspecified atom stereocenters. The summed E-state index contributed by atoms with van der Waals surface area (Å²) in [6.07, 6.45) is -1.91. The zero-order valence-electron chi connectivity index (χ0n) is 19.6. The van der Waals surface area contributed by atoms with Gasteiger partial charge < -0.3 is 19.0 Å². The minimum absolute atomic E-state index is 0.0940. The second-order valence-corrected chi connectivity index (χ2v) is 9.85. The molecule has 37 heavy (non-hydrogen) atoms. The summed E-state index contributed by atoms with van der Waals surface area (Å²) in [7, 11) is 0. The third-order valence-electron chi connectivity index (χ3n) is 7.24. The Morgan fingerprint density at radius 1 is 1.03 bits per heavy atom. The summed E-state index contributed by atoms with van der Waals surface area (Å²) in [5.74, 6) is -1.98. The van der Waals surface area contributed by atoms with Gasteiger partial charge in [-0.25, -0.2) is 8.78 Å². The summed E-state index contributed by atoms with van der Waals surface area (Å²) in [5.41, 5.74) is 1.15. The van der Waals surface area contributed by atoms with Crippen molar-refractivity contribution in [3.05, 3.63) is 65.6 Å². The van der Waals surface area contributed by atoms with Crippen LogP contribution >= 0.6 is 12.2 Å². The van der Waals surface area contributed by atoms with Gasteiger partial charge in [-0.05, 0) is 55.0 Å². The maximum atomic E-state index is 15.2. The molecule has 2 aromatic carbocycles. The van der Waals surface area contributed by atoms with E-state index >= 15 is 4.39 Å². The number of thiocarbonyl (C=S) groups is 1. The minimum atomic E-state index is -2.91. The molecule has 0 amide bonds. The van der Waals surface area contributed by atoms with Crippen molar-refractivity contribution in [1.82, 2.24) is 20.0 Å². The molecule has 12 heteroatoms. The summed E-state index contributed by atoms with van der Waals surface area (Å²) < 4.78 is 64.8. The lowest BCUT2D eigenvalue weighted by Crippen LogP contribution is -2.59. The van der Waals surface area contributed by atoms with E-state index in [4.69, 9.17) is 21.4 Å². The van der Waals surface area contributed by atoms with Crippen molar-refractivity contribution in [1.29, 1.82) is 0 Å². The number of nitrogens with zero attached hydrogens (tertiary/aromatic N) is 5. The number of hydrogen-bond donors (Lipinski definition) is 0. The van der Waals surface area contributed by atoms with Gasteiger partial charge in [-0.3, -0.25) is 4.90 Å². The highest BCUT2D eigenvalue weighted by Gasteiger charge is 2.48. The van der Waals surface area contributed by atoms with Crippen molar-refractivity contribution in [3.63, 3.8) is 0 Å². The summed E-state index contributed by atoms with van der Waals surface area (Å²) >= 11 is 5.92. The van der Waals surface area contributed by atoms with Gasteiger partial charge in [0, 0.05) is 42.0 Å². The second kappa shape index (κ2) is 9.66. The SMILES string of the molecule is Fc1ccc(N(Cc2ccc(-c3nnc(C(F)F)o3)cc2F)C(=S)N2CC3CC2CN3C2COC2)cc1. The number of hydrogen-bond acceptors (Lipinski definition) is 6. The van der Waals surface area contributed by atoms with Crippen LogP contribution in [-0.2, 0) is 11.3 Å². The average molecular weight is 534 g/mol. The number of anilines is 1. The Hall–Kier alpha value is -3.09. The third-order valence-corrected chi connectivity index (χ3v) is 7.70. The van der Waals surface area contributed by atoms with Gasteiger partial charge in [0.2, 0.25) is 5.89 Å². The van der Waals surface area contributed by atoms with Gasteiger partial charge in [0.1, 0.15) is 11.6 Å². The normalized spacial score (nSPS) is 21.6. The maximum Gasteiger partial charge on any atom is 0.314 e. The van der Waals surface area contributed by atoms with E-state index in [1.165, 1.54) is 30.3 Å². The Morgan fingerprint density at radius 3 is 2.41 bits per heavy atom. The van der Waals surface area contributed by atoms with Gasteiger partial charge in [-0.15, -0.1) is 10.2 Å². The molecule has 0 aliphatic carbocycles. The summed E-state index contributed by atoms with van der Waals surface area (Å²) in [4.78, 5) is 6.47. The van der Waals surface area contributed by atoms with E-state index in [-0.39, 0.29) is 29.9 Å². The minimum Gasteiger partial charge on any atom is -0.415 e. The third kappa shape index (κ3) is 4.57. The monoisotopic (exact) mass is 533 g/mol. The van der Waals surface area contributed by atoms with Crippen LogP contribution < -0.4 is 4.90 Å². The molecule has 4 heterocycles. The first-order chi connectivity index (χ1) is 17.9. The van der Waals surface area contributed by atoms with Crippen LogP contribution in [0, 0.1) is 11.6 Å². The number of alkyl halides is 2. The summed E-state index contributed by atoms with van der Waals surface area (Å²) in [5, 5.41) is 7.41. The fraction of sp³-hybridized carbons (Fsp3) is 0.400. The fourth-order valence-electron chi connectivity index (χ4n) is 5.26. The molecule has 0 spiro atoms. The molecule has 2 bridgehead atoms. The summed E-state index contributed by atoms with van der Waals surface area (Å²) in [6.45, 7) is 3.28. The first-order valence-electron chi connectivity index (χ1n) is 11.9. The Morgan fingerprint density at radius 2 is 1.81 bits per heavy atom. The zero-order valence-corrected chi connectivity index (χ0v) is 20.4. The average Bonchev–Trinajstić information content (AvgIpc) is 3.59. The number of halogens is 4. The van der Waals surface area contributed by atoms with Crippen molar-refractivity contribution in [3.8, 4) is 11.5 Å². The van der Waals surface area contributed by atoms with Gasteiger partial charge in [-0.1, -0.05) is 6.07 Å². The van der Waals surface area contributed by atoms with Gasteiger partial charge in [0.05, 0.1) is 25.8 Å². The van der Waals surface area contributed by atoms with Crippen LogP contribution in [0.5, 0.6) is 0 Å². The predicted molar refractivity (Wildman–Crippen MR) is 130 cm³/mol. The van der Waals surface area contributed by atoms with E-state index in [2.05, 4.69) is 20.0 Å². The zero-order chi connectivity index (χ0) is 25.7. The van der Waals surface area contributed by atoms with Crippen molar-refractivity contribution in [2.45, 2.75) is 37.5 Å². The van der Waals surface area contributed by atoms with Gasteiger partial charge in [0.15, 0.2) is 5.11 Å². The molecular weight excluding hydrogens is 510 g/mol. The van der Waals surface area contributed by atoms with E-state index in [1.807, 2.05) is 0 Å². The van der Waals surface area contributed by atoms with Crippen molar-refractivity contribution < 1.29 is 26.7 Å². The first kappa shape index (κ1) is 24.3. The largest absolute Gasteiger partial charge is 0.415 e.